The molecule has 0 radical (unpaired) electrons. The highest BCUT2D eigenvalue weighted by Gasteiger charge is 2.41. The van der Waals surface area contributed by atoms with Gasteiger partial charge in [-0.1, -0.05) is 0 Å². The number of hydrogen-bond donors (Lipinski definition) is 1. The number of hydrogen-bond acceptors (Lipinski definition) is 4. The summed E-state index contributed by atoms with van der Waals surface area (Å²) in [4.78, 5) is 12.1. The maximum atomic E-state index is 12.9. The van der Waals surface area contributed by atoms with E-state index in [9.17, 15) is 13.2 Å². The van der Waals surface area contributed by atoms with Crippen LogP contribution in [0.2, 0.25) is 0 Å². The van der Waals surface area contributed by atoms with E-state index in [4.69, 9.17) is 4.74 Å². The molecule has 1 aliphatic heterocycles. The maximum Gasteiger partial charge on any atom is 0.403 e. The van der Waals surface area contributed by atoms with Crippen LogP contribution >= 0.6 is 24.0 Å². The fourth-order valence-corrected chi connectivity index (χ4v) is 2.78. The summed E-state index contributed by atoms with van der Waals surface area (Å²) in [5.41, 5.74) is 0.955. The minimum atomic E-state index is -4.19. The van der Waals surface area contributed by atoms with E-state index in [1.54, 1.807) is 13.3 Å². The van der Waals surface area contributed by atoms with E-state index in [0.29, 0.717) is 51.1 Å². The molecule has 154 valence electrons. The van der Waals surface area contributed by atoms with E-state index >= 15 is 0 Å². The molecule has 1 aromatic heterocycles. The molecule has 1 unspecified atom stereocenters. The molecule has 2 heterocycles. The van der Waals surface area contributed by atoms with Gasteiger partial charge in [-0.3, -0.25) is 4.90 Å². The van der Waals surface area contributed by atoms with Gasteiger partial charge in [-0.05, 0) is 25.5 Å². The summed E-state index contributed by atoms with van der Waals surface area (Å²) in [6, 6.07) is 2.25. The van der Waals surface area contributed by atoms with Crippen molar-refractivity contribution < 1.29 is 17.9 Å². The molecule has 1 fully saturated rings. The Hall–Kier alpha value is -1.30. The third kappa shape index (κ3) is 6.98. The van der Waals surface area contributed by atoms with Crippen molar-refractivity contribution in [2.45, 2.75) is 32.6 Å². The van der Waals surface area contributed by atoms with E-state index in [1.165, 1.54) is 11.8 Å². The SMILES string of the molecule is CCNC(=NCc1ccnc(OC)c1)N1CCN(C(C)C(F)(F)F)CC1.I. The lowest BCUT2D eigenvalue weighted by Gasteiger charge is -2.39. The lowest BCUT2D eigenvalue weighted by Crippen LogP contribution is -2.56. The molecule has 1 saturated heterocycles. The Morgan fingerprint density at radius 3 is 2.56 bits per heavy atom. The van der Waals surface area contributed by atoms with Crippen LogP contribution in [-0.4, -0.2) is 72.8 Å². The van der Waals surface area contributed by atoms with Gasteiger partial charge in [0.15, 0.2) is 5.96 Å². The molecule has 6 nitrogen and oxygen atoms in total. The molecular formula is C17H27F3IN5O. The van der Waals surface area contributed by atoms with Crippen LogP contribution in [-0.2, 0) is 6.54 Å². The van der Waals surface area contributed by atoms with Crippen LogP contribution in [0.4, 0.5) is 13.2 Å². The minimum absolute atomic E-state index is 0. The van der Waals surface area contributed by atoms with Crippen LogP contribution in [0, 0.1) is 0 Å². The van der Waals surface area contributed by atoms with Crippen molar-refractivity contribution in [2.24, 2.45) is 4.99 Å². The summed E-state index contributed by atoms with van der Waals surface area (Å²) in [5.74, 6) is 1.24. The Balaban J connectivity index is 0.00000364. The number of halogens is 4. The molecule has 0 aliphatic carbocycles. The predicted octanol–water partition coefficient (Wildman–Crippen LogP) is 2.74. The van der Waals surface area contributed by atoms with Crippen molar-refractivity contribution in [1.82, 2.24) is 20.1 Å². The van der Waals surface area contributed by atoms with Gasteiger partial charge >= 0.3 is 6.18 Å². The van der Waals surface area contributed by atoms with E-state index in [0.717, 1.165) is 5.56 Å². The van der Waals surface area contributed by atoms with Crippen LogP contribution in [0.3, 0.4) is 0 Å². The van der Waals surface area contributed by atoms with Crippen LogP contribution < -0.4 is 10.1 Å². The highest BCUT2D eigenvalue weighted by atomic mass is 127. The highest BCUT2D eigenvalue weighted by molar-refractivity contribution is 14.0. The first-order valence-electron chi connectivity index (χ1n) is 8.68. The van der Waals surface area contributed by atoms with E-state index in [1.807, 2.05) is 24.0 Å². The Kier molecular flexibility index (Phi) is 9.57. The molecule has 1 atom stereocenters. The summed E-state index contributed by atoms with van der Waals surface area (Å²) in [6.07, 6.45) is -2.53. The Labute approximate surface area is 175 Å². The molecule has 27 heavy (non-hydrogen) atoms. The van der Waals surface area contributed by atoms with Crippen LogP contribution in [0.15, 0.2) is 23.3 Å². The average molecular weight is 501 g/mol. The summed E-state index contributed by atoms with van der Waals surface area (Å²) in [6.45, 7) is 6.04. The molecule has 0 aromatic carbocycles. The quantitative estimate of drug-likeness (QED) is 0.382. The second-order valence-corrected chi connectivity index (χ2v) is 6.12. The number of ether oxygens (including phenoxy) is 1. The van der Waals surface area contributed by atoms with Gasteiger partial charge in [0, 0.05) is 45.0 Å². The minimum Gasteiger partial charge on any atom is -0.481 e. The lowest BCUT2D eigenvalue weighted by atomic mass is 10.2. The van der Waals surface area contributed by atoms with Gasteiger partial charge in [-0.2, -0.15) is 13.2 Å². The monoisotopic (exact) mass is 501 g/mol. The van der Waals surface area contributed by atoms with Crippen molar-refractivity contribution in [3.8, 4) is 5.88 Å². The molecule has 2 rings (SSSR count). The average Bonchev–Trinajstić information content (AvgIpc) is 2.64. The van der Waals surface area contributed by atoms with Crippen LogP contribution in [0.25, 0.3) is 0 Å². The fraction of sp³-hybridized carbons (Fsp3) is 0.647. The van der Waals surface area contributed by atoms with Crippen molar-refractivity contribution >= 4 is 29.9 Å². The maximum absolute atomic E-state index is 12.9. The van der Waals surface area contributed by atoms with Gasteiger partial charge in [0.2, 0.25) is 5.88 Å². The van der Waals surface area contributed by atoms with Crippen LogP contribution in [0.5, 0.6) is 5.88 Å². The molecule has 10 heteroatoms. The third-order valence-corrected chi connectivity index (χ3v) is 4.39. The first kappa shape index (κ1) is 23.7. The van der Waals surface area contributed by atoms with Crippen LogP contribution in [0.1, 0.15) is 19.4 Å². The van der Waals surface area contributed by atoms with Gasteiger partial charge in [-0.25, -0.2) is 9.98 Å². The second-order valence-electron chi connectivity index (χ2n) is 6.12. The number of nitrogens with one attached hydrogen (secondary N) is 1. The molecular weight excluding hydrogens is 474 g/mol. The van der Waals surface area contributed by atoms with Gasteiger partial charge in [0.25, 0.3) is 0 Å². The molecule has 0 amide bonds. The van der Waals surface area contributed by atoms with E-state index < -0.39 is 12.2 Å². The number of alkyl halides is 3. The molecule has 1 N–H and O–H groups in total. The van der Waals surface area contributed by atoms with Crippen molar-refractivity contribution in [3.05, 3.63) is 23.9 Å². The standard InChI is InChI=1S/C17H26F3N5O.HI/c1-4-21-16(23-12-14-5-6-22-15(11-14)26-3)25-9-7-24(8-10-25)13(2)17(18,19)20;/h5-6,11,13H,4,7-10,12H2,1-3H3,(H,21,23);1H. The molecule has 0 spiro atoms. The molecule has 1 aliphatic rings. The Morgan fingerprint density at radius 2 is 2.00 bits per heavy atom. The van der Waals surface area contributed by atoms with E-state index in [-0.39, 0.29) is 24.0 Å². The highest BCUT2D eigenvalue weighted by Crippen LogP contribution is 2.25. The Bertz CT molecular complexity index is 606. The summed E-state index contributed by atoms with van der Waals surface area (Å²) >= 11 is 0. The smallest absolute Gasteiger partial charge is 0.403 e. The normalized spacial score (nSPS) is 17.3. The zero-order chi connectivity index (χ0) is 19.2. The summed E-state index contributed by atoms with van der Waals surface area (Å²) in [7, 11) is 1.56. The zero-order valence-electron chi connectivity index (χ0n) is 15.8. The van der Waals surface area contributed by atoms with Gasteiger partial charge in [0.05, 0.1) is 13.7 Å². The first-order valence-corrected chi connectivity index (χ1v) is 8.68. The number of rotatable bonds is 5. The molecule has 0 saturated carbocycles. The Morgan fingerprint density at radius 1 is 1.33 bits per heavy atom. The van der Waals surface area contributed by atoms with Crippen molar-refractivity contribution in [3.63, 3.8) is 0 Å². The largest absolute Gasteiger partial charge is 0.481 e. The second kappa shape index (κ2) is 10.9. The van der Waals surface area contributed by atoms with Gasteiger partial charge < -0.3 is 15.0 Å². The van der Waals surface area contributed by atoms with Gasteiger partial charge in [0.1, 0.15) is 6.04 Å². The number of methoxy groups -OCH3 is 1. The first-order chi connectivity index (χ1) is 12.3. The predicted molar refractivity (Wildman–Crippen MR) is 110 cm³/mol. The number of aromatic nitrogens is 1. The lowest BCUT2D eigenvalue weighted by molar-refractivity contribution is -0.181. The fourth-order valence-electron chi connectivity index (χ4n) is 2.78. The number of nitrogens with zero attached hydrogens (tertiary/aromatic N) is 4. The number of pyridine rings is 1. The number of guanidine groups is 1. The third-order valence-electron chi connectivity index (χ3n) is 4.39. The number of aliphatic imine (C=N–C) groups is 1. The van der Waals surface area contributed by atoms with E-state index in [2.05, 4.69) is 15.3 Å². The molecule has 0 bridgehead atoms. The zero-order valence-corrected chi connectivity index (χ0v) is 18.1. The topological polar surface area (TPSA) is 53.0 Å². The summed E-state index contributed by atoms with van der Waals surface area (Å²) < 4.78 is 43.7. The molecule has 1 aromatic rings. The summed E-state index contributed by atoms with van der Waals surface area (Å²) in [5, 5.41) is 3.21. The van der Waals surface area contributed by atoms with Crippen molar-refractivity contribution in [1.29, 1.82) is 0 Å². The number of piperazine rings is 1. The van der Waals surface area contributed by atoms with Crippen molar-refractivity contribution in [2.75, 3.05) is 39.8 Å². The van der Waals surface area contributed by atoms with Gasteiger partial charge in [-0.15, -0.1) is 24.0 Å².